The maximum absolute atomic E-state index is 14.5. The molecule has 0 amide bonds. The first-order valence-electron chi connectivity index (χ1n) is 15.7. The Morgan fingerprint density at radius 3 is 2.47 bits per heavy atom. The van der Waals surface area contributed by atoms with Crippen molar-refractivity contribution in [2.24, 2.45) is 0 Å². The van der Waals surface area contributed by atoms with Crippen molar-refractivity contribution in [1.82, 2.24) is 24.7 Å². The van der Waals surface area contributed by atoms with Crippen LogP contribution in [0.3, 0.4) is 0 Å². The van der Waals surface area contributed by atoms with E-state index in [4.69, 9.17) is 4.98 Å². The molecule has 8 heteroatoms. The number of ketones is 1. The lowest BCUT2D eigenvalue weighted by Crippen LogP contribution is -2.36. The number of aryl methyl sites for hydroxylation is 1. The number of Topliss-reactive ketones (excluding diaryl/α,β-unsaturated/α-hetero) is 1. The van der Waals surface area contributed by atoms with Crippen molar-refractivity contribution in [3.63, 3.8) is 0 Å². The molecule has 5 rings (SSSR count). The third-order valence-corrected chi connectivity index (χ3v) is 7.56. The lowest BCUT2D eigenvalue weighted by molar-refractivity contribution is -0.117. The molecule has 0 aliphatic carbocycles. The second kappa shape index (κ2) is 14.7. The SMILES string of the molecule is CC(=O)CN(C)CC1=CC2N(C)C(c3ccc(C)cc3)=C(c3ccnc(NCc4cccc(C(C)(C)F)c4)n3)N2C=C1.CCC. The number of fused-ring (bicyclic) bond motifs is 1. The van der Waals surface area contributed by atoms with Gasteiger partial charge in [0.15, 0.2) is 0 Å². The predicted octanol–water partition coefficient (Wildman–Crippen LogP) is 7.39. The summed E-state index contributed by atoms with van der Waals surface area (Å²) in [6.45, 7) is 12.7. The van der Waals surface area contributed by atoms with Gasteiger partial charge < -0.3 is 15.1 Å². The number of alkyl halides is 1. The second-order valence-corrected chi connectivity index (χ2v) is 12.4. The van der Waals surface area contributed by atoms with Gasteiger partial charge in [0.1, 0.15) is 17.6 Å². The summed E-state index contributed by atoms with van der Waals surface area (Å²) in [6.07, 6.45) is 9.44. The van der Waals surface area contributed by atoms with Crippen molar-refractivity contribution >= 4 is 23.1 Å². The number of hydrogen-bond acceptors (Lipinski definition) is 7. The van der Waals surface area contributed by atoms with E-state index in [1.165, 1.54) is 12.0 Å². The van der Waals surface area contributed by atoms with Gasteiger partial charge in [0.2, 0.25) is 5.95 Å². The molecule has 0 saturated carbocycles. The molecule has 0 fully saturated rings. The van der Waals surface area contributed by atoms with E-state index in [-0.39, 0.29) is 11.9 Å². The normalized spacial score (nSPS) is 16.0. The summed E-state index contributed by atoms with van der Waals surface area (Å²) in [4.78, 5) is 27.6. The van der Waals surface area contributed by atoms with Gasteiger partial charge in [-0.2, -0.15) is 0 Å². The number of nitrogens with zero attached hydrogens (tertiary/aromatic N) is 5. The van der Waals surface area contributed by atoms with Gasteiger partial charge in [0, 0.05) is 38.1 Å². The minimum atomic E-state index is -1.41. The first kappa shape index (κ1) is 33.6. The van der Waals surface area contributed by atoms with E-state index in [1.807, 2.05) is 36.2 Å². The van der Waals surface area contributed by atoms with Crippen LogP contribution in [0.4, 0.5) is 10.3 Å². The summed E-state index contributed by atoms with van der Waals surface area (Å²) in [6, 6.07) is 18.0. The number of anilines is 1. The molecule has 0 radical (unpaired) electrons. The number of carbonyl (C=O) groups excluding carboxylic acids is 1. The first-order chi connectivity index (χ1) is 21.4. The second-order valence-electron chi connectivity index (χ2n) is 12.4. The van der Waals surface area contributed by atoms with Gasteiger partial charge in [-0.05, 0) is 69.7 Å². The van der Waals surface area contributed by atoms with Crippen molar-refractivity contribution in [2.75, 3.05) is 32.5 Å². The highest BCUT2D eigenvalue weighted by atomic mass is 19.1. The summed E-state index contributed by atoms with van der Waals surface area (Å²) in [5.74, 6) is 0.651. The Morgan fingerprint density at radius 1 is 1.09 bits per heavy atom. The number of rotatable bonds is 10. The summed E-state index contributed by atoms with van der Waals surface area (Å²) < 4.78 is 14.5. The van der Waals surface area contributed by atoms with Crippen LogP contribution in [-0.4, -0.2) is 63.8 Å². The van der Waals surface area contributed by atoms with Crippen LogP contribution in [0.25, 0.3) is 11.4 Å². The maximum Gasteiger partial charge on any atom is 0.223 e. The summed E-state index contributed by atoms with van der Waals surface area (Å²) in [5.41, 5.74) is 6.50. The number of likely N-dealkylation sites (N-methyl/N-ethyl adjacent to an activating group) is 2. The molecule has 7 nitrogen and oxygen atoms in total. The van der Waals surface area contributed by atoms with E-state index >= 15 is 0 Å². The summed E-state index contributed by atoms with van der Waals surface area (Å²) in [5, 5.41) is 3.33. The summed E-state index contributed by atoms with van der Waals surface area (Å²) in [7, 11) is 4.07. The quantitative estimate of drug-likeness (QED) is 0.257. The van der Waals surface area contributed by atoms with Gasteiger partial charge >= 0.3 is 0 Å². The van der Waals surface area contributed by atoms with E-state index < -0.39 is 5.67 Å². The molecular formula is C37H47FN6O. The molecule has 2 aliphatic heterocycles. The highest BCUT2D eigenvalue weighted by Crippen LogP contribution is 2.42. The van der Waals surface area contributed by atoms with Gasteiger partial charge in [-0.1, -0.05) is 74.4 Å². The van der Waals surface area contributed by atoms with Gasteiger partial charge in [0.25, 0.3) is 0 Å². The smallest absolute Gasteiger partial charge is 0.223 e. The van der Waals surface area contributed by atoms with E-state index in [0.717, 1.165) is 33.8 Å². The van der Waals surface area contributed by atoms with Crippen LogP contribution in [0.2, 0.25) is 0 Å². The van der Waals surface area contributed by atoms with Crippen LogP contribution < -0.4 is 5.32 Å². The Bertz CT molecular complexity index is 1570. The molecule has 0 bridgehead atoms. The Balaban J connectivity index is 0.00000148. The van der Waals surface area contributed by atoms with E-state index in [2.05, 4.69) is 90.5 Å². The fourth-order valence-corrected chi connectivity index (χ4v) is 5.48. The fourth-order valence-electron chi connectivity index (χ4n) is 5.48. The van der Waals surface area contributed by atoms with Crippen LogP contribution in [-0.2, 0) is 17.0 Å². The molecule has 0 saturated heterocycles. The summed E-state index contributed by atoms with van der Waals surface area (Å²) >= 11 is 0. The van der Waals surface area contributed by atoms with Crippen molar-refractivity contribution < 1.29 is 9.18 Å². The first-order valence-corrected chi connectivity index (χ1v) is 15.7. The molecule has 2 aliphatic rings. The predicted molar refractivity (Wildman–Crippen MR) is 183 cm³/mol. The van der Waals surface area contributed by atoms with Crippen LogP contribution in [0.15, 0.2) is 84.7 Å². The molecule has 1 unspecified atom stereocenters. The average Bonchev–Trinajstić information content (AvgIpc) is 3.28. The van der Waals surface area contributed by atoms with E-state index in [9.17, 15) is 9.18 Å². The number of nitrogens with one attached hydrogen (secondary N) is 1. The number of aromatic nitrogens is 2. The van der Waals surface area contributed by atoms with Crippen LogP contribution in [0.5, 0.6) is 0 Å². The zero-order chi connectivity index (χ0) is 32.7. The van der Waals surface area contributed by atoms with Gasteiger partial charge in [-0.3, -0.25) is 9.69 Å². The zero-order valence-corrected chi connectivity index (χ0v) is 27.9. The zero-order valence-electron chi connectivity index (χ0n) is 27.9. The van der Waals surface area contributed by atoms with E-state index in [1.54, 1.807) is 33.0 Å². The third-order valence-electron chi connectivity index (χ3n) is 7.56. The number of carbonyl (C=O) groups is 1. The van der Waals surface area contributed by atoms with E-state index in [0.29, 0.717) is 31.1 Å². The molecule has 1 aromatic heterocycles. The molecule has 1 N–H and O–H groups in total. The molecule has 0 spiro atoms. The van der Waals surface area contributed by atoms with Gasteiger partial charge in [-0.15, -0.1) is 0 Å². The topological polar surface area (TPSA) is 64.6 Å². The molecule has 45 heavy (non-hydrogen) atoms. The van der Waals surface area contributed by atoms with Gasteiger partial charge in [-0.25, -0.2) is 14.4 Å². The fraction of sp³-hybridized carbons (Fsp3) is 0.378. The molecule has 3 heterocycles. The van der Waals surface area contributed by atoms with Crippen molar-refractivity contribution in [3.05, 3.63) is 113 Å². The molecule has 3 aromatic rings. The van der Waals surface area contributed by atoms with Crippen molar-refractivity contribution in [2.45, 2.75) is 66.3 Å². The number of halogens is 1. The molecule has 2 aromatic carbocycles. The lowest BCUT2D eigenvalue weighted by Gasteiger charge is -2.32. The molecule has 238 valence electrons. The Labute approximate surface area is 268 Å². The molecule has 1 atom stereocenters. The number of benzene rings is 2. The highest BCUT2D eigenvalue weighted by Gasteiger charge is 2.37. The molecular weight excluding hydrogens is 563 g/mol. The third kappa shape index (κ3) is 8.45. The Morgan fingerprint density at radius 2 is 1.80 bits per heavy atom. The minimum absolute atomic E-state index is 0.0415. The van der Waals surface area contributed by atoms with Crippen LogP contribution in [0, 0.1) is 6.92 Å². The van der Waals surface area contributed by atoms with Crippen LogP contribution in [0.1, 0.15) is 69.0 Å². The average molecular weight is 611 g/mol. The number of hydrogen-bond donors (Lipinski definition) is 1. The van der Waals surface area contributed by atoms with Crippen LogP contribution >= 0.6 is 0 Å². The Hall–Kier alpha value is -4.30. The standard InChI is InChI=1S/C34H39FN6O.C3H8/c1-23-10-12-27(13-11-23)31-32(41-17-15-26(19-30(41)40(31)6)22-39(5)21-24(2)42)29-14-16-36-33(38-29)37-20-25-8-7-9-28(18-25)34(3,4)35;1-3-2/h7-19,30H,20-22H2,1-6H3,(H,36,37,38);3H2,1-2H3. The van der Waals surface area contributed by atoms with Crippen molar-refractivity contribution in [3.8, 4) is 0 Å². The minimum Gasteiger partial charge on any atom is -0.350 e. The lowest BCUT2D eigenvalue weighted by atomic mass is 9.98. The Kier molecular flexibility index (Phi) is 10.9. The monoisotopic (exact) mass is 610 g/mol. The largest absolute Gasteiger partial charge is 0.350 e. The highest BCUT2D eigenvalue weighted by molar-refractivity contribution is 5.91. The van der Waals surface area contributed by atoms with Crippen molar-refractivity contribution in [1.29, 1.82) is 0 Å². The van der Waals surface area contributed by atoms with Gasteiger partial charge in [0.05, 0.1) is 23.6 Å². The maximum atomic E-state index is 14.5.